The molecular formula is C14H29NO. The Morgan fingerprint density at radius 1 is 1.25 bits per heavy atom. The molecule has 2 N–H and O–H groups in total. The molecule has 0 aromatic carbocycles. The van der Waals surface area contributed by atoms with E-state index < -0.39 is 5.60 Å². The van der Waals surface area contributed by atoms with Crippen LogP contribution in [0.15, 0.2) is 0 Å². The Morgan fingerprint density at radius 3 is 2.44 bits per heavy atom. The van der Waals surface area contributed by atoms with Gasteiger partial charge in [0.1, 0.15) is 0 Å². The van der Waals surface area contributed by atoms with Gasteiger partial charge in [-0.25, -0.2) is 0 Å². The van der Waals surface area contributed by atoms with Crippen molar-refractivity contribution in [3.63, 3.8) is 0 Å². The van der Waals surface area contributed by atoms with Crippen LogP contribution in [0.5, 0.6) is 0 Å². The zero-order valence-corrected chi connectivity index (χ0v) is 11.3. The van der Waals surface area contributed by atoms with Crippen LogP contribution in [0.1, 0.15) is 65.7 Å². The van der Waals surface area contributed by atoms with Gasteiger partial charge < -0.3 is 10.4 Å². The summed E-state index contributed by atoms with van der Waals surface area (Å²) >= 11 is 0. The third kappa shape index (κ3) is 6.49. The average Bonchev–Trinajstić information content (AvgIpc) is 2.24. The SMILES string of the molecule is CC(CCC1CCCCC1)NCC(C)(C)O. The molecule has 0 bridgehead atoms. The molecule has 1 atom stereocenters. The largest absolute Gasteiger partial charge is 0.389 e. The molecule has 1 aliphatic rings. The third-order valence-electron chi connectivity index (χ3n) is 3.62. The normalized spacial score (nSPS) is 21.0. The summed E-state index contributed by atoms with van der Waals surface area (Å²) in [5.74, 6) is 0.972. The number of hydrogen-bond donors (Lipinski definition) is 2. The van der Waals surface area contributed by atoms with Crippen molar-refractivity contribution in [2.45, 2.75) is 77.4 Å². The summed E-state index contributed by atoms with van der Waals surface area (Å²) in [6.07, 6.45) is 9.83. The van der Waals surface area contributed by atoms with Gasteiger partial charge in [0.15, 0.2) is 0 Å². The van der Waals surface area contributed by atoms with Crippen LogP contribution in [0.4, 0.5) is 0 Å². The van der Waals surface area contributed by atoms with Crippen LogP contribution in [-0.2, 0) is 0 Å². The lowest BCUT2D eigenvalue weighted by molar-refractivity contribution is 0.0763. The summed E-state index contributed by atoms with van der Waals surface area (Å²) < 4.78 is 0. The third-order valence-corrected chi connectivity index (χ3v) is 3.62. The molecule has 0 aromatic heterocycles. The van der Waals surface area contributed by atoms with Crippen LogP contribution in [0, 0.1) is 5.92 Å². The van der Waals surface area contributed by atoms with E-state index in [0.29, 0.717) is 12.6 Å². The Morgan fingerprint density at radius 2 is 1.88 bits per heavy atom. The van der Waals surface area contributed by atoms with Gasteiger partial charge in [0.25, 0.3) is 0 Å². The number of hydrogen-bond acceptors (Lipinski definition) is 2. The van der Waals surface area contributed by atoms with E-state index in [-0.39, 0.29) is 0 Å². The van der Waals surface area contributed by atoms with E-state index in [1.807, 2.05) is 13.8 Å². The summed E-state index contributed by atoms with van der Waals surface area (Å²) in [6, 6.07) is 0.536. The monoisotopic (exact) mass is 227 g/mol. The van der Waals surface area contributed by atoms with E-state index in [4.69, 9.17) is 0 Å². The predicted molar refractivity (Wildman–Crippen MR) is 69.6 cm³/mol. The van der Waals surface area contributed by atoms with Gasteiger partial charge in [0, 0.05) is 12.6 Å². The molecule has 0 spiro atoms. The first-order valence-electron chi connectivity index (χ1n) is 6.93. The van der Waals surface area contributed by atoms with Crippen molar-refractivity contribution >= 4 is 0 Å². The Kier molecular flexibility index (Phi) is 5.77. The van der Waals surface area contributed by atoms with Crippen molar-refractivity contribution in [3.05, 3.63) is 0 Å². The van der Waals surface area contributed by atoms with Crippen LogP contribution in [0.25, 0.3) is 0 Å². The van der Waals surface area contributed by atoms with Gasteiger partial charge in [-0.2, -0.15) is 0 Å². The minimum Gasteiger partial charge on any atom is -0.389 e. The van der Waals surface area contributed by atoms with Crippen LogP contribution in [0.3, 0.4) is 0 Å². The Bertz CT molecular complexity index is 180. The molecule has 0 saturated heterocycles. The summed E-state index contributed by atoms with van der Waals surface area (Å²) in [4.78, 5) is 0. The molecule has 0 amide bonds. The van der Waals surface area contributed by atoms with Gasteiger partial charge >= 0.3 is 0 Å². The lowest BCUT2D eigenvalue weighted by Gasteiger charge is -2.25. The fourth-order valence-electron chi connectivity index (χ4n) is 2.49. The fourth-order valence-corrected chi connectivity index (χ4v) is 2.49. The highest BCUT2D eigenvalue weighted by molar-refractivity contribution is 4.73. The maximum atomic E-state index is 9.62. The lowest BCUT2D eigenvalue weighted by atomic mass is 9.85. The maximum absolute atomic E-state index is 9.62. The van der Waals surface area contributed by atoms with Crippen molar-refractivity contribution in [1.29, 1.82) is 0 Å². The summed E-state index contributed by atoms with van der Waals surface area (Å²) in [5, 5.41) is 13.0. The Labute approximate surface area is 101 Å². The Balaban J connectivity index is 2.07. The quantitative estimate of drug-likeness (QED) is 0.731. The predicted octanol–water partition coefficient (Wildman–Crippen LogP) is 3.10. The fraction of sp³-hybridized carbons (Fsp3) is 1.00. The Hall–Kier alpha value is -0.0800. The van der Waals surface area contributed by atoms with Crippen molar-refractivity contribution in [2.75, 3.05) is 6.54 Å². The first-order valence-corrected chi connectivity index (χ1v) is 6.93. The minimum atomic E-state index is -0.584. The summed E-state index contributed by atoms with van der Waals surface area (Å²) in [5.41, 5.74) is -0.584. The van der Waals surface area contributed by atoms with Crippen LogP contribution >= 0.6 is 0 Å². The van der Waals surface area contributed by atoms with Gasteiger partial charge in [-0.15, -0.1) is 0 Å². The van der Waals surface area contributed by atoms with Crippen LogP contribution in [0.2, 0.25) is 0 Å². The van der Waals surface area contributed by atoms with Gasteiger partial charge in [-0.3, -0.25) is 0 Å². The number of aliphatic hydroxyl groups is 1. The summed E-state index contributed by atoms with van der Waals surface area (Å²) in [7, 11) is 0. The molecule has 0 aromatic rings. The number of nitrogens with one attached hydrogen (secondary N) is 1. The average molecular weight is 227 g/mol. The topological polar surface area (TPSA) is 32.3 Å². The van der Waals surface area contributed by atoms with Crippen molar-refractivity contribution in [2.24, 2.45) is 5.92 Å². The second-order valence-corrected chi connectivity index (χ2v) is 6.18. The highest BCUT2D eigenvalue weighted by Gasteiger charge is 2.16. The van der Waals surface area contributed by atoms with Gasteiger partial charge in [-0.1, -0.05) is 32.1 Å². The summed E-state index contributed by atoms with van der Waals surface area (Å²) in [6.45, 7) is 6.63. The smallest absolute Gasteiger partial charge is 0.0715 e. The van der Waals surface area contributed by atoms with Gasteiger partial charge in [0.2, 0.25) is 0 Å². The zero-order valence-electron chi connectivity index (χ0n) is 11.3. The molecule has 2 heteroatoms. The molecule has 2 nitrogen and oxygen atoms in total. The maximum Gasteiger partial charge on any atom is 0.0715 e. The molecular weight excluding hydrogens is 198 g/mol. The van der Waals surface area contributed by atoms with Gasteiger partial charge in [0.05, 0.1) is 5.60 Å². The second kappa shape index (κ2) is 6.61. The molecule has 1 fully saturated rings. The second-order valence-electron chi connectivity index (χ2n) is 6.18. The molecule has 0 heterocycles. The van der Waals surface area contributed by atoms with E-state index in [2.05, 4.69) is 12.2 Å². The molecule has 1 aliphatic carbocycles. The molecule has 96 valence electrons. The lowest BCUT2D eigenvalue weighted by Crippen LogP contribution is -2.39. The molecule has 1 rings (SSSR count). The molecule has 0 aliphatic heterocycles. The molecule has 1 unspecified atom stereocenters. The minimum absolute atomic E-state index is 0.536. The zero-order chi connectivity index (χ0) is 12.0. The first-order chi connectivity index (χ1) is 7.47. The van der Waals surface area contributed by atoms with Crippen molar-refractivity contribution < 1.29 is 5.11 Å². The van der Waals surface area contributed by atoms with E-state index in [0.717, 1.165) is 5.92 Å². The molecule has 1 saturated carbocycles. The highest BCUT2D eigenvalue weighted by atomic mass is 16.3. The van der Waals surface area contributed by atoms with Crippen molar-refractivity contribution in [3.8, 4) is 0 Å². The van der Waals surface area contributed by atoms with E-state index in [9.17, 15) is 5.11 Å². The standard InChI is InChI=1S/C14H29NO/c1-12(15-11-14(2,3)16)9-10-13-7-5-4-6-8-13/h12-13,15-16H,4-11H2,1-3H3. The van der Waals surface area contributed by atoms with E-state index in [1.54, 1.807) is 0 Å². The van der Waals surface area contributed by atoms with Crippen molar-refractivity contribution in [1.82, 2.24) is 5.32 Å². The highest BCUT2D eigenvalue weighted by Crippen LogP contribution is 2.27. The van der Waals surface area contributed by atoms with Gasteiger partial charge in [-0.05, 0) is 39.5 Å². The first kappa shape index (κ1) is 14.0. The molecule has 0 radical (unpaired) electrons. The van der Waals surface area contributed by atoms with Crippen LogP contribution < -0.4 is 5.32 Å². The van der Waals surface area contributed by atoms with Crippen LogP contribution in [-0.4, -0.2) is 23.3 Å². The number of rotatable bonds is 6. The molecule has 16 heavy (non-hydrogen) atoms. The van der Waals surface area contributed by atoms with E-state index in [1.165, 1.54) is 44.9 Å². The van der Waals surface area contributed by atoms with E-state index >= 15 is 0 Å².